The van der Waals surface area contributed by atoms with E-state index in [2.05, 4.69) is 27.6 Å². The number of rotatable bonds is 4. The van der Waals surface area contributed by atoms with Gasteiger partial charge in [0.1, 0.15) is 6.54 Å². The number of terminal acetylenes is 1. The molecule has 7 heteroatoms. The first-order chi connectivity index (χ1) is 14.0. The van der Waals surface area contributed by atoms with Crippen molar-refractivity contribution in [1.29, 1.82) is 0 Å². The van der Waals surface area contributed by atoms with Gasteiger partial charge in [0.2, 0.25) is 0 Å². The molecule has 0 fully saturated rings. The van der Waals surface area contributed by atoms with Gasteiger partial charge >= 0.3 is 0 Å². The summed E-state index contributed by atoms with van der Waals surface area (Å²) in [5.41, 5.74) is 3.45. The minimum Gasteiger partial charge on any atom is -0.285 e. The second-order valence-corrected chi connectivity index (χ2v) is 7.75. The summed E-state index contributed by atoms with van der Waals surface area (Å²) in [5.74, 6) is 4.24. The van der Waals surface area contributed by atoms with Crippen LogP contribution in [0.5, 0.6) is 0 Å². The summed E-state index contributed by atoms with van der Waals surface area (Å²) < 4.78 is 2.05. The maximum Gasteiger partial charge on any atom is 0.159 e. The number of benzene rings is 2. The summed E-state index contributed by atoms with van der Waals surface area (Å²) >= 11 is 12.8. The summed E-state index contributed by atoms with van der Waals surface area (Å²) in [6, 6.07) is 13.4. The third kappa shape index (κ3) is 3.56. The smallest absolute Gasteiger partial charge is 0.159 e. The van der Waals surface area contributed by atoms with E-state index in [1.54, 1.807) is 0 Å². The van der Waals surface area contributed by atoms with E-state index in [0.29, 0.717) is 23.1 Å². The molecular weight excluding hydrogens is 405 g/mol. The molecule has 3 aromatic rings. The molecular formula is C22H19Cl2N5. The first kappa shape index (κ1) is 19.7. The molecule has 0 spiro atoms. The summed E-state index contributed by atoms with van der Waals surface area (Å²) in [6.45, 7) is 2.95. The highest BCUT2D eigenvalue weighted by Gasteiger charge is 2.27. The maximum absolute atomic E-state index is 6.49. The first-order valence-electron chi connectivity index (χ1n) is 9.18. The Morgan fingerprint density at radius 1 is 1.17 bits per heavy atom. The Morgan fingerprint density at radius 3 is 2.72 bits per heavy atom. The number of aromatic nitrogens is 3. The molecule has 0 aliphatic carbocycles. The standard InChI is InChI=1S/C22H19Cl2N5/c1-4-11-28(3)14(2)22-27-26-20-13-25-21(16-7-5-6-8-18(16)24)17-12-15(23)9-10-19(17)29(20)22/h1,5-10,12,14H,11,13H2,2-3H3. The average molecular weight is 424 g/mol. The Kier molecular flexibility index (Phi) is 5.42. The van der Waals surface area contributed by atoms with Crippen LogP contribution in [0.15, 0.2) is 47.5 Å². The van der Waals surface area contributed by atoms with Crippen molar-refractivity contribution in [3.63, 3.8) is 0 Å². The average Bonchev–Trinajstić information content (AvgIpc) is 3.06. The van der Waals surface area contributed by atoms with E-state index in [1.807, 2.05) is 54.4 Å². The largest absolute Gasteiger partial charge is 0.285 e. The van der Waals surface area contributed by atoms with Gasteiger partial charge in [0, 0.05) is 21.2 Å². The quantitative estimate of drug-likeness (QED) is 0.578. The minimum absolute atomic E-state index is 0.0299. The molecule has 2 heterocycles. The van der Waals surface area contributed by atoms with Crippen molar-refractivity contribution in [2.24, 2.45) is 4.99 Å². The van der Waals surface area contributed by atoms with Gasteiger partial charge < -0.3 is 0 Å². The van der Waals surface area contributed by atoms with Gasteiger partial charge in [-0.25, -0.2) is 0 Å². The lowest BCUT2D eigenvalue weighted by Gasteiger charge is -2.23. The molecule has 1 aliphatic heterocycles. The maximum atomic E-state index is 6.49. The molecule has 0 bridgehead atoms. The van der Waals surface area contributed by atoms with Crippen molar-refractivity contribution in [2.45, 2.75) is 19.5 Å². The number of aliphatic imine (C=N–C) groups is 1. The van der Waals surface area contributed by atoms with Gasteiger partial charge in [0.15, 0.2) is 11.6 Å². The van der Waals surface area contributed by atoms with Crippen LogP contribution in [0.3, 0.4) is 0 Å². The first-order valence-corrected chi connectivity index (χ1v) is 9.94. The van der Waals surface area contributed by atoms with Crippen molar-refractivity contribution in [3.8, 4) is 18.0 Å². The highest BCUT2D eigenvalue weighted by molar-refractivity contribution is 6.36. The minimum atomic E-state index is -0.0299. The molecule has 1 unspecified atom stereocenters. The fraction of sp³-hybridized carbons (Fsp3) is 0.227. The Labute approximate surface area is 180 Å². The zero-order valence-electron chi connectivity index (χ0n) is 16.1. The van der Waals surface area contributed by atoms with Crippen molar-refractivity contribution in [2.75, 3.05) is 13.6 Å². The van der Waals surface area contributed by atoms with Gasteiger partial charge in [-0.05, 0) is 38.2 Å². The van der Waals surface area contributed by atoms with Gasteiger partial charge in [0.05, 0.1) is 24.0 Å². The van der Waals surface area contributed by atoms with Crippen LogP contribution in [0.1, 0.15) is 35.7 Å². The van der Waals surface area contributed by atoms with Crippen LogP contribution in [0.4, 0.5) is 0 Å². The summed E-state index contributed by atoms with van der Waals surface area (Å²) in [6.07, 6.45) is 5.49. The monoisotopic (exact) mass is 423 g/mol. The van der Waals surface area contributed by atoms with Crippen molar-refractivity contribution >= 4 is 28.9 Å². The van der Waals surface area contributed by atoms with Crippen LogP contribution in [0, 0.1) is 12.3 Å². The van der Waals surface area contributed by atoms with Crippen LogP contribution >= 0.6 is 23.2 Å². The van der Waals surface area contributed by atoms with Crippen molar-refractivity contribution in [1.82, 2.24) is 19.7 Å². The Balaban J connectivity index is 1.91. The molecule has 1 aliphatic rings. The van der Waals surface area contributed by atoms with E-state index < -0.39 is 0 Å². The molecule has 0 saturated carbocycles. The fourth-order valence-corrected chi connectivity index (χ4v) is 3.85. The Bertz CT molecular complexity index is 1140. The van der Waals surface area contributed by atoms with Crippen LogP contribution in [-0.2, 0) is 6.54 Å². The van der Waals surface area contributed by atoms with Crippen LogP contribution in [-0.4, -0.2) is 39.0 Å². The lowest BCUT2D eigenvalue weighted by atomic mass is 10.00. The molecule has 0 N–H and O–H groups in total. The topological polar surface area (TPSA) is 46.3 Å². The van der Waals surface area contributed by atoms with Crippen LogP contribution < -0.4 is 0 Å². The summed E-state index contributed by atoms with van der Waals surface area (Å²) in [5, 5.41) is 10.1. The van der Waals surface area contributed by atoms with E-state index in [4.69, 9.17) is 34.6 Å². The third-order valence-electron chi connectivity index (χ3n) is 5.09. The number of hydrogen-bond acceptors (Lipinski definition) is 4. The van der Waals surface area contributed by atoms with E-state index in [-0.39, 0.29) is 6.04 Å². The Morgan fingerprint density at radius 2 is 1.97 bits per heavy atom. The van der Waals surface area contributed by atoms with Gasteiger partial charge in [0.25, 0.3) is 0 Å². The van der Waals surface area contributed by atoms with Gasteiger partial charge in [-0.3, -0.25) is 14.5 Å². The van der Waals surface area contributed by atoms with Crippen molar-refractivity contribution in [3.05, 3.63) is 75.3 Å². The summed E-state index contributed by atoms with van der Waals surface area (Å²) in [4.78, 5) is 6.89. The zero-order valence-corrected chi connectivity index (χ0v) is 17.6. The van der Waals surface area contributed by atoms with Crippen molar-refractivity contribution < 1.29 is 0 Å². The molecule has 2 aromatic carbocycles. The van der Waals surface area contributed by atoms with Crippen LogP contribution in [0.25, 0.3) is 5.69 Å². The number of halogens is 2. The van der Waals surface area contributed by atoms with E-state index in [9.17, 15) is 0 Å². The predicted octanol–water partition coefficient (Wildman–Crippen LogP) is 4.55. The van der Waals surface area contributed by atoms with Gasteiger partial charge in [-0.15, -0.1) is 16.6 Å². The highest BCUT2D eigenvalue weighted by atomic mass is 35.5. The van der Waals surface area contributed by atoms with E-state index >= 15 is 0 Å². The molecule has 1 aromatic heterocycles. The van der Waals surface area contributed by atoms with Crippen LogP contribution in [0.2, 0.25) is 10.0 Å². The molecule has 0 radical (unpaired) electrons. The molecule has 5 nitrogen and oxygen atoms in total. The second-order valence-electron chi connectivity index (χ2n) is 6.91. The highest BCUT2D eigenvalue weighted by Crippen LogP contribution is 2.32. The molecule has 0 saturated heterocycles. The van der Waals surface area contributed by atoms with Gasteiger partial charge in [-0.1, -0.05) is 47.3 Å². The number of fused-ring (bicyclic) bond motifs is 3. The lowest BCUT2D eigenvalue weighted by Crippen LogP contribution is -2.25. The number of nitrogens with zero attached hydrogens (tertiary/aromatic N) is 5. The third-order valence-corrected chi connectivity index (χ3v) is 5.66. The zero-order chi connectivity index (χ0) is 20.5. The molecule has 0 amide bonds. The fourth-order valence-electron chi connectivity index (χ4n) is 3.46. The Hall–Kier alpha value is -2.65. The normalized spacial score (nSPS) is 13.9. The molecule has 1 atom stereocenters. The molecule has 146 valence electrons. The van der Waals surface area contributed by atoms with Gasteiger partial charge in [-0.2, -0.15) is 0 Å². The lowest BCUT2D eigenvalue weighted by molar-refractivity contribution is 0.280. The summed E-state index contributed by atoms with van der Waals surface area (Å²) in [7, 11) is 1.97. The molecule has 4 rings (SSSR count). The predicted molar refractivity (Wildman–Crippen MR) is 117 cm³/mol. The second kappa shape index (κ2) is 8.00. The SMILES string of the molecule is C#CCN(C)C(C)c1nnc2n1-c1ccc(Cl)cc1C(c1ccccc1Cl)=NC2. The van der Waals surface area contributed by atoms with E-state index in [1.165, 1.54) is 0 Å². The van der Waals surface area contributed by atoms with E-state index in [0.717, 1.165) is 34.2 Å². The molecule has 29 heavy (non-hydrogen) atoms. The number of hydrogen-bond donors (Lipinski definition) is 0.